The second kappa shape index (κ2) is 4.36. The zero-order chi connectivity index (χ0) is 11.7. The minimum atomic E-state index is 1.09. The van der Waals surface area contributed by atoms with Gasteiger partial charge in [0.25, 0.3) is 0 Å². The Balaban J connectivity index is 1.98. The van der Waals surface area contributed by atoms with E-state index in [1.54, 1.807) is 0 Å². The first-order valence-corrected chi connectivity index (χ1v) is 6.45. The summed E-state index contributed by atoms with van der Waals surface area (Å²) in [5.41, 5.74) is 3.54. The van der Waals surface area contributed by atoms with Gasteiger partial charge < -0.3 is 4.90 Å². The summed E-state index contributed by atoms with van der Waals surface area (Å²) < 4.78 is 0. The van der Waals surface area contributed by atoms with Crippen molar-refractivity contribution < 1.29 is 0 Å². The highest BCUT2D eigenvalue weighted by Crippen LogP contribution is 2.24. The summed E-state index contributed by atoms with van der Waals surface area (Å²) in [4.78, 5) is 7.03. The molecule has 1 saturated heterocycles. The van der Waals surface area contributed by atoms with E-state index in [0.717, 1.165) is 11.2 Å². The number of benzene rings is 1. The number of fused-ring (bicyclic) bond motifs is 1. The van der Waals surface area contributed by atoms with Crippen molar-refractivity contribution in [2.75, 3.05) is 18.0 Å². The molecule has 0 bridgehead atoms. The Morgan fingerprint density at radius 1 is 1.00 bits per heavy atom. The third-order valence-corrected chi connectivity index (χ3v) is 3.53. The number of pyridine rings is 1. The van der Waals surface area contributed by atoms with Crippen molar-refractivity contribution in [1.82, 2.24) is 4.98 Å². The molecule has 0 unspecified atom stereocenters. The molecule has 0 aliphatic carbocycles. The Hall–Kier alpha value is -1.57. The second-order valence-corrected chi connectivity index (χ2v) is 4.88. The molecule has 2 heteroatoms. The molecule has 88 valence electrons. The normalized spacial score (nSPS) is 16.4. The number of hydrogen-bond acceptors (Lipinski definition) is 2. The predicted octanol–water partition coefficient (Wildman–Crippen LogP) is 3.53. The van der Waals surface area contributed by atoms with E-state index in [9.17, 15) is 0 Å². The summed E-state index contributed by atoms with van der Waals surface area (Å²) in [6.45, 7) is 4.44. The highest BCUT2D eigenvalue weighted by atomic mass is 15.1. The van der Waals surface area contributed by atoms with Gasteiger partial charge in [0.05, 0.1) is 5.52 Å². The molecule has 2 nitrogen and oxygen atoms in total. The number of anilines is 1. The molecule has 3 rings (SSSR count). The van der Waals surface area contributed by atoms with Gasteiger partial charge in [-0.25, -0.2) is 0 Å². The molecule has 0 N–H and O–H groups in total. The number of nitrogens with zero attached hydrogens (tertiary/aromatic N) is 2. The van der Waals surface area contributed by atoms with Crippen LogP contribution in [-0.4, -0.2) is 18.1 Å². The minimum Gasteiger partial charge on any atom is -0.372 e. The summed E-state index contributed by atoms with van der Waals surface area (Å²) in [7, 11) is 0. The largest absolute Gasteiger partial charge is 0.372 e. The van der Waals surface area contributed by atoms with Crippen molar-refractivity contribution in [2.45, 2.75) is 26.2 Å². The third-order valence-electron chi connectivity index (χ3n) is 3.53. The highest BCUT2D eigenvalue weighted by molar-refractivity contribution is 5.82. The predicted molar refractivity (Wildman–Crippen MR) is 72.5 cm³/mol. The van der Waals surface area contributed by atoms with Gasteiger partial charge >= 0.3 is 0 Å². The van der Waals surface area contributed by atoms with Crippen molar-refractivity contribution in [2.24, 2.45) is 0 Å². The van der Waals surface area contributed by atoms with Gasteiger partial charge in [-0.1, -0.05) is 6.07 Å². The number of rotatable bonds is 1. The molecule has 1 aliphatic heterocycles. The van der Waals surface area contributed by atoms with Crippen LogP contribution in [-0.2, 0) is 0 Å². The van der Waals surface area contributed by atoms with Crippen LogP contribution in [0.1, 0.15) is 25.0 Å². The van der Waals surface area contributed by atoms with Crippen molar-refractivity contribution in [3.05, 3.63) is 36.0 Å². The Morgan fingerprint density at radius 2 is 1.82 bits per heavy atom. The zero-order valence-corrected chi connectivity index (χ0v) is 10.3. The highest BCUT2D eigenvalue weighted by Gasteiger charge is 2.11. The number of aromatic nitrogens is 1. The standard InChI is InChI=1S/C15H18N2/c1-12-5-6-13-11-14(7-8-15(13)16-12)17-9-3-2-4-10-17/h5-8,11H,2-4,9-10H2,1H3. The van der Waals surface area contributed by atoms with Crippen LogP contribution in [0.2, 0.25) is 0 Å². The molecule has 1 aromatic heterocycles. The molecule has 2 aromatic rings. The molecular formula is C15H18N2. The molecule has 17 heavy (non-hydrogen) atoms. The van der Waals surface area contributed by atoms with Crippen LogP contribution in [0.3, 0.4) is 0 Å². The Morgan fingerprint density at radius 3 is 2.65 bits per heavy atom. The van der Waals surface area contributed by atoms with Gasteiger partial charge in [0.2, 0.25) is 0 Å². The monoisotopic (exact) mass is 226 g/mol. The lowest BCUT2D eigenvalue weighted by atomic mass is 10.1. The van der Waals surface area contributed by atoms with Gasteiger partial charge in [-0.3, -0.25) is 4.98 Å². The van der Waals surface area contributed by atoms with Gasteiger partial charge in [0.15, 0.2) is 0 Å². The number of hydrogen-bond donors (Lipinski definition) is 0. The molecule has 2 heterocycles. The first kappa shape index (κ1) is 10.6. The van der Waals surface area contributed by atoms with Crippen LogP contribution < -0.4 is 4.90 Å². The molecule has 1 aromatic carbocycles. The lowest BCUT2D eigenvalue weighted by Crippen LogP contribution is -2.29. The van der Waals surface area contributed by atoms with Gasteiger partial charge in [0.1, 0.15) is 0 Å². The van der Waals surface area contributed by atoms with Crippen LogP contribution >= 0.6 is 0 Å². The van der Waals surface area contributed by atoms with Gasteiger partial charge in [0, 0.05) is 29.9 Å². The lowest BCUT2D eigenvalue weighted by molar-refractivity contribution is 0.578. The van der Waals surface area contributed by atoms with E-state index in [0.29, 0.717) is 0 Å². The Bertz CT molecular complexity index is 527. The SMILES string of the molecule is Cc1ccc2cc(N3CCCCC3)ccc2n1. The minimum absolute atomic E-state index is 1.09. The third kappa shape index (κ3) is 2.12. The molecule has 0 atom stereocenters. The van der Waals surface area contributed by atoms with Crippen molar-refractivity contribution in [3.63, 3.8) is 0 Å². The zero-order valence-electron chi connectivity index (χ0n) is 10.3. The van der Waals surface area contributed by atoms with Crippen LogP contribution in [0.4, 0.5) is 5.69 Å². The van der Waals surface area contributed by atoms with E-state index in [1.165, 1.54) is 43.4 Å². The van der Waals surface area contributed by atoms with Gasteiger partial charge in [-0.05, 0) is 50.5 Å². The fourth-order valence-corrected chi connectivity index (χ4v) is 2.56. The van der Waals surface area contributed by atoms with E-state index in [4.69, 9.17) is 0 Å². The molecular weight excluding hydrogens is 208 g/mol. The smallest absolute Gasteiger partial charge is 0.0706 e. The van der Waals surface area contributed by atoms with Gasteiger partial charge in [-0.15, -0.1) is 0 Å². The lowest BCUT2D eigenvalue weighted by Gasteiger charge is -2.28. The fourth-order valence-electron chi connectivity index (χ4n) is 2.56. The van der Waals surface area contributed by atoms with Crippen molar-refractivity contribution >= 4 is 16.6 Å². The topological polar surface area (TPSA) is 16.1 Å². The molecule has 0 spiro atoms. The van der Waals surface area contributed by atoms with Crippen molar-refractivity contribution in [1.29, 1.82) is 0 Å². The number of aryl methyl sites for hydroxylation is 1. The van der Waals surface area contributed by atoms with Crippen molar-refractivity contribution in [3.8, 4) is 0 Å². The molecule has 1 aliphatic rings. The van der Waals surface area contributed by atoms with E-state index >= 15 is 0 Å². The van der Waals surface area contributed by atoms with E-state index < -0.39 is 0 Å². The van der Waals surface area contributed by atoms with Crippen LogP contribution in [0.15, 0.2) is 30.3 Å². The summed E-state index contributed by atoms with van der Waals surface area (Å²) >= 11 is 0. The molecule has 0 saturated carbocycles. The quantitative estimate of drug-likeness (QED) is 0.739. The van der Waals surface area contributed by atoms with E-state index in [-0.39, 0.29) is 0 Å². The second-order valence-electron chi connectivity index (χ2n) is 4.88. The van der Waals surface area contributed by atoms with E-state index in [2.05, 4.69) is 40.2 Å². The maximum atomic E-state index is 4.54. The molecule has 1 fully saturated rings. The maximum Gasteiger partial charge on any atom is 0.0706 e. The molecule has 0 amide bonds. The van der Waals surface area contributed by atoms with Crippen LogP contribution in [0, 0.1) is 6.92 Å². The number of piperidine rings is 1. The van der Waals surface area contributed by atoms with Crippen LogP contribution in [0.5, 0.6) is 0 Å². The average Bonchev–Trinajstić information content (AvgIpc) is 2.39. The first-order valence-electron chi connectivity index (χ1n) is 6.45. The molecule has 0 radical (unpaired) electrons. The Labute approximate surface area is 102 Å². The van der Waals surface area contributed by atoms with Gasteiger partial charge in [-0.2, -0.15) is 0 Å². The fraction of sp³-hybridized carbons (Fsp3) is 0.400. The Kier molecular flexibility index (Phi) is 2.71. The summed E-state index contributed by atoms with van der Waals surface area (Å²) in [6, 6.07) is 10.9. The summed E-state index contributed by atoms with van der Waals surface area (Å²) in [6.07, 6.45) is 4.03. The maximum absolute atomic E-state index is 4.54. The summed E-state index contributed by atoms with van der Waals surface area (Å²) in [5.74, 6) is 0. The summed E-state index contributed by atoms with van der Waals surface area (Å²) in [5, 5.41) is 1.25. The average molecular weight is 226 g/mol. The van der Waals surface area contributed by atoms with E-state index in [1.807, 2.05) is 6.92 Å². The van der Waals surface area contributed by atoms with Crippen LogP contribution in [0.25, 0.3) is 10.9 Å². The first-order chi connectivity index (χ1) is 8.33.